The van der Waals surface area contributed by atoms with E-state index in [0.29, 0.717) is 12.1 Å². The zero-order valence-electron chi connectivity index (χ0n) is 11.5. The molecule has 2 nitrogen and oxygen atoms in total. The summed E-state index contributed by atoms with van der Waals surface area (Å²) in [5.74, 6) is 2.57. The van der Waals surface area contributed by atoms with E-state index >= 15 is 0 Å². The molecule has 0 spiro atoms. The van der Waals surface area contributed by atoms with Crippen molar-refractivity contribution in [1.29, 1.82) is 0 Å². The summed E-state index contributed by atoms with van der Waals surface area (Å²) in [7, 11) is 0. The molecule has 3 heteroatoms. The van der Waals surface area contributed by atoms with Gasteiger partial charge in [0.1, 0.15) is 0 Å². The van der Waals surface area contributed by atoms with E-state index in [1.165, 1.54) is 50.0 Å². The number of ether oxygens (including phenoxy) is 1. The second-order valence-corrected chi connectivity index (χ2v) is 6.05. The van der Waals surface area contributed by atoms with Crippen molar-refractivity contribution in [2.24, 2.45) is 0 Å². The molecule has 2 atom stereocenters. The van der Waals surface area contributed by atoms with Crippen LogP contribution in [-0.4, -0.2) is 36.8 Å². The Morgan fingerprint density at radius 1 is 1.41 bits per heavy atom. The molecule has 0 amide bonds. The van der Waals surface area contributed by atoms with Crippen molar-refractivity contribution >= 4 is 11.8 Å². The monoisotopic (exact) mass is 259 g/mol. The summed E-state index contributed by atoms with van der Waals surface area (Å²) >= 11 is 2.09. The van der Waals surface area contributed by atoms with Gasteiger partial charge < -0.3 is 10.1 Å². The van der Waals surface area contributed by atoms with Gasteiger partial charge in [-0.05, 0) is 50.8 Å². The number of nitrogens with one attached hydrogen (secondary N) is 1. The Hall–Kier alpha value is 0.270. The highest BCUT2D eigenvalue weighted by atomic mass is 32.2. The van der Waals surface area contributed by atoms with Crippen molar-refractivity contribution in [3.05, 3.63) is 0 Å². The SMILES string of the molecule is CCCSCC(CCCC1CCCO1)NCC. The molecule has 1 heterocycles. The van der Waals surface area contributed by atoms with Crippen LogP contribution < -0.4 is 5.32 Å². The molecule has 0 aromatic carbocycles. The van der Waals surface area contributed by atoms with E-state index in [0.717, 1.165) is 13.2 Å². The quantitative estimate of drug-likeness (QED) is 0.607. The van der Waals surface area contributed by atoms with Gasteiger partial charge >= 0.3 is 0 Å². The van der Waals surface area contributed by atoms with Gasteiger partial charge in [-0.15, -0.1) is 0 Å². The standard InChI is InChI=1S/C14H29NOS/c1-3-11-17-12-13(15-4-2)7-5-8-14-9-6-10-16-14/h13-15H,3-12H2,1-2H3. The molecule has 0 aromatic heterocycles. The van der Waals surface area contributed by atoms with Gasteiger partial charge in [-0.3, -0.25) is 0 Å². The molecule has 0 saturated carbocycles. The number of thioether (sulfide) groups is 1. The van der Waals surface area contributed by atoms with Crippen molar-refractivity contribution in [1.82, 2.24) is 5.32 Å². The third-order valence-electron chi connectivity index (χ3n) is 3.26. The van der Waals surface area contributed by atoms with Crippen molar-refractivity contribution in [2.45, 2.75) is 64.5 Å². The number of rotatable bonds is 10. The molecule has 2 unspecified atom stereocenters. The Balaban J connectivity index is 2.05. The maximum atomic E-state index is 5.67. The average molecular weight is 259 g/mol. The normalized spacial score (nSPS) is 21.9. The lowest BCUT2D eigenvalue weighted by Gasteiger charge is -2.18. The minimum atomic E-state index is 0.570. The molecule has 1 saturated heterocycles. The van der Waals surface area contributed by atoms with Crippen LogP contribution in [0.1, 0.15) is 52.4 Å². The van der Waals surface area contributed by atoms with E-state index in [4.69, 9.17) is 4.74 Å². The fourth-order valence-electron chi connectivity index (χ4n) is 2.37. The summed E-state index contributed by atoms with van der Waals surface area (Å²) in [5, 5.41) is 3.61. The van der Waals surface area contributed by atoms with Gasteiger partial charge in [0.15, 0.2) is 0 Å². The molecule has 1 N–H and O–H groups in total. The third-order valence-corrected chi connectivity index (χ3v) is 4.60. The van der Waals surface area contributed by atoms with E-state index in [9.17, 15) is 0 Å². The summed E-state index contributed by atoms with van der Waals surface area (Å²) in [6, 6.07) is 0.706. The van der Waals surface area contributed by atoms with Crippen LogP contribution in [0.5, 0.6) is 0 Å². The van der Waals surface area contributed by atoms with E-state index in [-0.39, 0.29) is 0 Å². The lowest BCUT2D eigenvalue weighted by molar-refractivity contribution is 0.101. The molecule has 0 aliphatic carbocycles. The van der Waals surface area contributed by atoms with Gasteiger partial charge in [-0.1, -0.05) is 13.8 Å². The van der Waals surface area contributed by atoms with E-state index in [1.807, 2.05) is 0 Å². The zero-order valence-corrected chi connectivity index (χ0v) is 12.4. The Bertz CT molecular complexity index is 172. The highest BCUT2D eigenvalue weighted by molar-refractivity contribution is 7.99. The van der Waals surface area contributed by atoms with Crippen LogP contribution in [0, 0.1) is 0 Å². The molecule has 0 bridgehead atoms. The molecule has 1 aliphatic rings. The molecule has 1 rings (SSSR count). The molecule has 1 fully saturated rings. The Labute approximate surface area is 111 Å². The Morgan fingerprint density at radius 3 is 2.94 bits per heavy atom. The Kier molecular flexibility index (Phi) is 9.21. The smallest absolute Gasteiger partial charge is 0.0576 e. The van der Waals surface area contributed by atoms with Crippen LogP contribution in [0.15, 0.2) is 0 Å². The van der Waals surface area contributed by atoms with Gasteiger partial charge in [0.2, 0.25) is 0 Å². The van der Waals surface area contributed by atoms with E-state index < -0.39 is 0 Å². The van der Waals surface area contributed by atoms with Crippen molar-refractivity contribution < 1.29 is 4.74 Å². The summed E-state index contributed by atoms with van der Waals surface area (Å²) in [6.45, 7) is 6.55. The van der Waals surface area contributed by atoms with Gasteiger partial charge in [0.25, 0.3) is 0 Å². The highest BCUT2D eigenvalue weighted by Gasteiger charge is 2.15. The van der Waals surface area contributed by atoms with Crippen molar-refractivity contribution in [3.8, 4) is 0 Å². The molecular formula is C14H29NOS. The van der Waals surface area contributed by atoms with Crippen LogP contribution in [0.3, 0.4) is 0 Å². The molecular weight excluding hydrogens is 230 g/mol. The van der Waals surface area contributed by atoms with Crippen molar-refractivity contribution in [2.75, 3.05) is 24.7 Å². The summed E-state index contributed by atoms with van der Waals surface area (Å²) < 4.78 is 5.67. The van der Waals surface area contributed by atoms with Crippen LogP contribution in [-0.2, 0) is 4.74 Å². The molecule has 0 aromatic rings. The van der Waals surface area contributed by atoms with Crippen LogP contribution in [0.2, 0.25) is 0 Å². The van der Waals surface area contributed by atoms with Gasteiger partial charge in [-0.25, -0.2) is 0 Å². The number of hydrogen-bond donors (Lipinski definition) is 1. The van der Waals surface area contributed by atoms with Crippen LogP contribution >= 0.6 is 11.8 Å². The minimum Gasteiger partial charge on any atom is -0.378 e. The average Bonchev–Trinajstić information content (AvgIpc) is 2.82. The predicted molar refractivity (Wildman–Crippen MR) is 77.9 cm³/mol. The van der Waals surface area contributed by atoms with E-state index in [2.05, 4.69) is 30.9 Å². The maximum absolute atomic E-state index is 5.67. The van der Waals surface area contributed by atoms with Crippen LogP contribution in [0.4, 0.5) is 0 Å². The summed E-state index contributed by atoms with van der Waals surface area (Å²) in [4.78, 5) is 0. The second-order valence-electron chi connectivity index (χ2n) is 4.90. The first-order valence-electron chi connectivity index (χ1n) is 7.29. The summed E-state index contributed by atoms with van der Waals surface area (Å²) in [6.07, 6.45) is 8.31. The molecule has 17 heavy (non-hydrogen) atoms. The summed E-state index contributed by atoms with van der Waals surface area (Å²) in [5.41, 5.74) is 0. The van der Waals surface area contributed by atoms with E-state index in [1.54, 1.807) is 0 Å². The molecule has 102 valence electrons. The van der Waals surface area contributed by atoms with Crippen LogP contribution in [0.25, 0.3) is 0 Å². The lowest BCUT2D eigenvalue weighted by atomic mass is 10.1. The first-order chi connectivity index (χ1) is 8.36. The molecule has 0 radical (unpaired) electrons. The lowest BCUT2D eigenvalue weighted by Crippen LogP contribution is -2.31. The fraction of sp³-hybridized carbons (Fsp3) is 1.00. The topological polar surface area (TPSA) is 21.3 Å². The first kappa shape index (κ1) is 15.3. The Morgan fingerprint density at radius 2 is 2.29 bits per heavy atom. The first-order valence-corrected chi connectivity index (χ1v) is 8.45. The zero-order chi connectivity index (χ0) is 12.3. The fourth-order valence-corrected chi connectivity index (χ4v) is 3.39. The van der Waals surface area contributed by atoms with Gasteiger partial charge in [0, 0.05) is 18.4 Å². The minimum absolute atomic E-state index is 0.570. The molecule has 1 aliphatic heterocycles. The van der Waals surface area contributed by atoms with Crippen molar-refractivity contribution in [3.63, 3.8) is 0 Å². The number of hydrogen-bond acceptors (Lipinski definition) is 3. The largest absolute Gasteiger partial charge is 0.378 e. The second kappa shape index (κ2) is 10.2. The third kappa shape index (κ3) is 7.32. The maximum Gasteiger partial charge on any atom is 0.0576 e. The highest BCUT2D eigenvalue weighted by Crippen LogP contribution is 2.19. The van der Waals surface area contributed by atoms with Gasteiger partial charge in [-0.2, -0.15) is 11.8 Å². The predicted octanol–water partition coefficient (Wildman–Crippen LogP) is 3.46. The van der Waals surface area contributed by atoms with Gasteiger partial charge in [0.05, 0.1) is 6.10 Å².